The summed E-state index contributed by atoms with van der Waals surface area (Å²) in [4.78, 5) is 4.18. The summed E-state index contributed by atoms with van der Waals surface area (Å²) in [6.07, 6.45) is 3.69. The van der Waals surface area contributed by atoms with Gasteiger partial charge in [0.05, 0.1) is 6.04 Å². The molecule has 1 unspecified atom stereocenters. The van der Waals surface area contributed by atoms with Crippen molar-refractivity contribution in [1.82, 2.24) is 10.4 Å². The van der Waals surface area contributed by atoms with Crippen molar-refractivity contribution in [3.8, 4) is 0 Å². The van der Waals surface area contributed by atoms with Gasteiger partial charge in [0.15, 0.2) is 0 Å². The van der Waals surface area contributed by atoms with Crippen molar-refractivity contribution >= 4 is 26.7 Å². The van der Waals surface area contributed by atoms with Gasteiger partial charge in [-0.25, -0.2) is 5.43 Å². The summed E-state index contributed by atoms with van der Waals surface area (Å²) in [5.41, 5.74) is 6.42. The molecule has 0 aliphatic heterocycles. The first-order chi connectivity index (χ1) is 10.2. The first kappa shape index (κ1) is 14.2. The number of nitrogens with two attached hydrogens (primary N) is 1. The molecule has 1 heterocycles. The van der Waals surface area contributed by atoms with Gasteiger partial charge in [-0.3, -0.25) is 10.8 Å². The molecular weight excluding hydrogens is 326 g/mol. The Morgan fingerprint density at radius 2 is 2.05 bits per heavy atom. The van der Waals surface area contributed by atoms with Crippen molar-refractivity contribution in [2.45, 2.75) is 13.0 Å². The molecule has 3 rings (SSSR count). The Morgan fingerprint density at radius 3 is 2.81 bits per heavy atom. The SMILES string of the molecule is Cc1cc(C(NN)c2cccc3cnccc23)ccc1Br. The van der Waals surface area contributed by atoms with Gasteiger partial charge >= 0.3 is 0 Å². The third-order valence-corrected chi connectivity index (χ3v) is 4.60. The molecule has 0 saturated carbocycles. The second kappa shape index (κ2) is 5.93. The molecule has 0 amide bonds. The van der Waals surface area contributed by atoms with Crippen molar-refractivity contribution < 1.29 is 0 Å². The number of halogens is 1. The highest BCUT2D eigenvalue weighted by Crippen LogP contribution is 2.30. The van der Waals surface area contributed by atoms with Crippen LogP contribution < -0.4 is 11.3 Å². The Kier molecular flexibility index (Phi) is 4.01. The fraction of sp³-hybridized carbons (Fsp3) is 0.118. The van der Waals surface area contributed by atoms with Crippen LogP contribution >= 0.6 is 15.9 Å². The molecule has 0 aliphatic carbocycles. The van der Waals surface area contributed by atoms with E-state index in [1.807, 2.05) is 24.5 Å². The maximum absolute atomic E-state index is 5.84. The number of nitrogens with zero attached hydrogens (tertiary/aromatic N) is 1. The highest BCUT2D eigenvalue weighted by Gasteiger charge is 2.15. The van der Waals surface area contributed by atoms with Crippen LogP contribution in [0.3, 0.4) is 0 Å². The zero-order valence-corrected chi connectivity index (χ0v) is 13.3. The number of rotatable bonds is 3. The molecule has 0 fully saturated rings. The minimum Gasteiger partial charge on any atom is -0.271 e. The van der Waals surface area contributed by atoms with E-state index in [1.54, 1.807) is 0 Å². The largest absolute Gasteiger partial charge is 0.271 e. The van der Waals surface area contributed by atoms with E-state index in [0.717, 1.165) is 26.4 Å². The summed E-state index contributed by atoms with van der Waals surface area (Å²) in [6.45, 7) is 2.08. The first-order valence-corrected chi connectivity index (χ1v) is 7.55. The zero-order valence-electron chi connectivity index (χ0n) is 11.7. The van der Waals surface area contributed by atoms with Crippen LogP contribution in [0.2, 0.25) is 0 Å². The van der Waals surface area contributed by atoms with E-state index in [-0.39, 0.29) is 6.04 Å². The summed E-state index contributed by atoms with van der Waals surface area (Å²) in [5, 5.41) is 2.28. The number of hydrazine groups is 1. The Hall–Kier alpha value is -1.75. The van der Waals surface area contributed by atoms with Crippen LogP contribution in [0.5, 0.6) is 0 Å². The molecule has 1 atom stereocenters. The number of benzene rings is 2. The molecule has 2 aromatic carbocycles. The van der Waals surface area contributed by atoms with E-state index in [9.17, 15) is 0 Å². The monoisotopic (exact) mass is 341 g/mol. The minimum absolute atomic E-state index is 0.0529. The lowest BCUT2D eigenvalue weighted by atomic mass is 9.94. The van der Waals surface area contributed by atoms with Gasteiger partial charge in [0.25, 0.3) is 0 Å². The molecule has 3 N–H and O–H groups in total. The lowest BCUT2D eigenvalue weighted by Crippen LogP contribution is -2.29. The molecule has 3 nitrogen and oxygen atoms in total. The number of nitrogens with one attached hydrogen (secondary N) is 1. The van der Waals surface area contributed by atoms with Gasteiger partial charge in [-0.05, 0) is 41.1 Å². The summed E-state index contributed by atoms with van der Waals surface area (Å²) in [6, 6.07) is 14.5. The topological polar surface area (TPSA) is 50.9 Å². The fourth-order valence-electron chi connectivity index (χ4n) is 2.61. The molecule has 0 saturated heterocycles. The van der Waals surface area contributed by atoms with Crippen LogP contribution in [0.1, 0.15) is 22.7 Å². The van der Waals surface area contributed by atoms with Crippen molar-refractivity contribution in [3.63, 3.8) is 0 Å². The fourth-order valence-corrected chi connectivity index (χ4v) is 2.86. The number of hydrogen-bond donors (Lipinski definition) is 2. The van der Waals surface area contributed by atoms with Crippen LogP contribution in [0.4, 0.5) is 0 Å². The number of fused-ring (bicyclic) bond motifs is 1. The van der Waals surface area contributed by atoms with E-state index in [1.165, 1.54) is 5.56 Å². The standard InChI is InChI=1S/C17H16BrN3/c1-11-9-12(5-6-16(11)18)17(21-19)15-4-2-3-13-10-20-8-7-14(13)15/h2-10,17,21H,19H2,1H3. The van der Waals surface area contributed by atoms with E-state index < -0.39 is 0 Å². The number of aromatic nitrogens is 1. The van der Waals surface area contributed by atoms with Crippen LogP contribution in [-0.4, -0.2) is 4.98 Å². The zero-order chi connectivity index (χ0) is 14.8. The van der Waals surface area contributed by atoms with Gasteiger partial charge < -0.3 is 0 Å². The molecule has 0 bridgehead atoms. The molecule has 0 spiro atoms. The smallest absolute Gasteiger partial charge is 0.0716 e. The number of pyridine rings is 1. The second-order valence-corrected chi connectivity index (χ2v) is 5.91. The Bertz CT molecular complexity index is 781. The number of hydrogen-bond acceptors (Lipinski definition) is 3. The molecule has 4 heteroatoms. The Morgan fingerprint density at radius 1 is 1.19 bits per heavy atom. The predicted molar refractivity (Wildman–Crippen MR) is 89.8 cm³/mol. The highest BCUT2D eigenvalue weighted by molar-refractivity contribution is 9.10. The van der Waals surface area contributed by atoms with Crippen molar-refractivity contribution in [2.24, 2.45) is 5.84 Å². The Balaban J connectivity index is 2.16. The minimum atomic E-state index is -0.0529. The lowest BCUT2D eigenvalue weighted by Gasteiger charge is -2.19. The average molecular weight is 342 g/mol. The lowest BCUT2D eigenvalue weighted by molar-refractivity contribution is 0.640. The van der Waals surface area contributed by atoms with E-state index in [0.29, 0.717) is 0 Å². The van der Waals surface area contributed by atoms with E-state index in [2.05, 4.69) is 63.6 Å². The van der Waals surface area contributed by atoms with Gasteiger partial charge in [-0.1, -0.05) is 46.3 Å². The van der Waals surface area contributed by atoms with Gasteiger partial charge in [0.1, 0.15) is 0 Å². The maximum atomic E-state index is 5.84. The van der Waals surface area contributed by atoms with Gasteiger partial charge in [0, 0.05) is 22.3 Å². The summed E-state index contributed by atoms with van der Waals surface area (Å²) in [5.74, 6) is 5.84. The van der Waals surface area contributed by atoms with E-state index >= 15 is 0 Å². The molecule has 0 aliphatic rings. The van der Waals surface area contributed by atoms with Gasteiger partial charge in [0.2, 0.25) is 0 Å². The van der Waals surface area contributed by atoms with Crippen molar-refractivity contribution in [1.29, 1.82) is 0 Å². The maximum Gasteiger partial charge on any atom is 0.0716 e. The average Bonchev–Trinajstić information content (AvgIpc) is 2.52. The summed E-state index contributed by atoms with van der Waals surface area (Å²) in [7, 11) is 0. The molecule has 3 aromatic rings. The van der Waals surface area contributed by atoms with Gasteiger partial charge in [-0.15, -0.1) is 0 Å². The van der Waals surface area contributed by atoms with Crippen molar-refractivity contribution in [3.05, 3.63) is 76.0 Å². The van der Waals surface area contributed by atoms with Crippen LogP contribution in [0.15, 0.2) is 59.3 Å². The third-order valence-electron chi connectivity index (χ3n) is 3.71. The molecule has 21 heavy (non-hydrogen) atoms. The molecule has 1 aromatic heterocycles. The second-order valence-electron chi connectivity index (χ2n) is 5.05. The quantitative estimate of drug-likeness (QED) is 0.561. The van der Waals surface area contributed by atoms with Crippen molar-refractivity contribution in [2.75, 3.05) is 0 Å². The molecule has 0 radical (unpaired) electrons. The predicted octanol–water partition coefficient (Wildman–Crippen LogP) is 3.86. The van der Waals surface area contributed by atoms with Crippen LogP contribution in [0.25, 0.3) is 10.8 Å². The van der Waals surface area contributed by atoms with E-state index in [4.69, 9.17) is 5.84 Å². The highest BCUT2D eigenvalue weighted by atomic mass is 79.9. The summed E-state index contributed by atoms with van der Waals surface area (Å²) >= 11 is 3.54. The number of aryl methyl sites for hydroxylation is 1. The van der Waals surface area contributed by atoms with Gasteiger partial charge in [-0.2, -0.15) is 0 Å². The van der Waals surface area contributed by atoms with Crippen LogP contribution in [-0.2, 0) is 0 Å². The normalized spacial score (nSPS) is 12.5. The third kappa shape index (κ3) is 2.70. The molecule has 106 valence electrons. The molecular formula is C17H16BrN3. The Labute approximate surface area is 132 Å². The first-order valence-electron chi connectivity index (χ1n) is 6.75. The van der Waals surface area contributed by atoms with Crippen LogP contribution in [0, 0.1) is 6.92 Å². The summed E-state index contributed by atoms with van der Waals surface area (Å²) < 4.78 is 1.10.